The van der Waals surface area contributed by atoms with E-state index in [0.29, 0.717) is 18.1 Å². The summed E-state index contributed by atoms with van der Waals surface area (Å²) in [6.07, 6.45) is 1.59. The van der Waals surface area contributed by atoms with E-state index >= 15 is 0 Å². The number of hydrogen-bond donors (Lipinski definition) is 1. The van der Waals surface area contributed by atoms with Crippen LogP contribution in [0.4, 0.5) is 5.95 Å². The standard InChI is InChI=1S/C11H17N3O3S/c1-8-7-18(16,17)4-3-14(8)11-12-5-10(6-15)9(2)13-11/h5,8,15H,3-4,6-7H2,1-2H3. The lowest BCUT2D eigenvalue weighted by molar-refractivity contribution is 0.280. The molecule has 1 aromatic rings. The minimum Gasteiger partial charge on any atom is -0.392 e. The van der Waals surface area contributed by atoms with Crippen molar-refractivity contribution in [3.05, 3.63) is 17.5 Å². The summed E-state index contributed by atoms with van der Waals surface area (Å²) in [6, 6.07) is -0.122. The number of rotatable bonds is 2. The molecule has 2 heterocycles. The highest BCUT2D eigenvalue weighted by molar-refractivity contribution is 7.91. The predicted molar refractivity (Wildman–Crippen MR) is 68.2 cm³/mol. The number of anilines is 1. The highest BCUT2D eigenvalue weighted by Gasteiger charge is 2.29. The number of nitrogens with zero attached hydrogens (tertiary/aromatic N) is 3. The zero-order valence-electron chi connectivity index (χ0n) is 10.5. The Morgan fingerprint density at radius 1 is 1.56 bits per heavy atom. The van der Waals surface area contributed by atoms with Gasteiger partial charge in [-0.05, 0) is 13.8 Å². The van der Waals surface area contributed by atoms with Crippen molar-refractivity contribution >= 4 is 15.8 Å². The van der Waals surface area contributed by atoms with E-state index < -0.39 is 9.84 Å². The molecule has 1 atom stereocenters. The number of aliphatic hydroxyl groups is 1. The van der Waals surface area contributed by atoms with Crippen LogP contribution in [0.25, 0.3) is 0 Å². The van der Waals surface area contributed by atoms with Crippen molar-refractivity contribution in [1.82, 2.24) is 9.97 Å². The normalized spacial score (nSPS) is 23.1. The van der Waals surface area contributed by atoms with E-state index in [1.807, 2.05) is 18.7 Å². The van der Waals surface area contributed by atoms with Gasteiger partial charge in [-0.15, -0.1) is 0 Å². The molecule has 7 heteroatoms. The van der Waals surface area contributed by atoms with E-state index in [-0.39, 0.29) is 24.2 Å². The predicted octanol–water partition coefficient (Wildman–Crippen LogP) is -0.0994. The van der Waals surface area contributed by atoms with Crippen molar-refractivity contribution in [3.8, 4) is 0 Å². The molecule has 100 valence electrons. The average molecular weight is 271 g/mol. The summed E-state index contributed by atoms with van der Waals surface area (Å²) in [7, 11) is -2.93. The maximum absolute atomic E-state index is 11.5. The van der Waals surface area contributed by atoms with Crippen molar-refractivity contribution in [2.75, 3.05) is 23.0 Å². The number of aryl methyl sites for hydroxylation is 1. The lowest BCUT2D eigenvalue weighted by Crippen LogP contribution is -2.47. The Bertz CT molecular complexity index is 544. The van der Waals surface area contributed by atoms with Crippen LogP contribution in [-0.4, -0.2) is 47.6 Å². The topological polar surface area (TPSA) is 83.4 Å². The first-order valence-corrected chi connectivity index (χ1v) is 7.65. The van der Waals surface area contributed by atoms with Crippen LogP contribution in [0.2, 0.25) is 0 Å². The van der Waals surface area contributed by atoms with Gasteiger partial charge in [-0.2, -0.15) is 0 Å². The van der Waals surface area contributed by atoms with Gasteiger partial charge in [0.1, 0.15) is 0 Å². The number of aromatic nitrogens is 2. The van der Waals surface area contributed by atoms with Crippen molar-refractivity contribution in [3.63, 3.8) is 0 Å². The van der Waals surface area contributed by atoms with Crippen LogP contribution in [0.3, 0.4) is 0 Å². The summed E-state index contributed by atoms with van der Waals surface area (Å²) >= 11 is 0. The van der Waals surface area contributed by atoms with Gasteiger partial charge >= 0.3 is 0 Å². The largest absolute Gasteiger partial charge is 0.392 e. The quantitative estimate of drug-likeness (QED) is 0.809. The molecule has 0 aliphatic carbocycles. The first-order valence-electron chi connectivity index (χ1n) is 5.83. The SMILES string of the molecule is Cc1nc(N2CCS(=O)(=O)CC2C)ncc1CO. The Kier molecular flexibility index (Phi) is 3.54. The van der Waals surface area contributed by atoms with Crippen molar-refractivity contribution < 1.29 is 13.5 Å². The number of sulfone groups is 1. The molecule has 0 aromatic carbocycles. The van der Waals surface area contributed by atoms with Gasteiger partial charge in [0.15, 0.2) is 9.84 Å². The lowest BCUT2D eigenvalue weighted by Gasteiger charge is -2.33. The Balaban J connectivity index is 2.25. The monoisotopic (exact) mass is 271 g/mol. The summed E-state index contributed by atoms with van der Waals surface area (Å²) in [5.74, 6) is 0.811. The van der Waals surface area contributed by atoms with E-state index in [4.69, 9.17) is 5.11 Å². The van der Waals surface area contributed by atoms with E-state index in [1.165, 1.54) is 0 Å². The molecule has 1 fully saturated rings. The fraction of sp³-hybridized carbons (Fsp3) is 0.636. The molecule has 6 nitrogen and oxygen atoms in total. The molecule has 1 aromatic heterocycles. The van der Waals surface area contributed by atoms with Crippen LogP contribution < -0.4 is 4.90 Å². The number of hydrogen-bond acceptors (Lipinski definition) is 6. The molecule has 1 aliphatic heterocycles. The van der Waals surface area contributed by atoms with Crippen LogP contribution in [0.15, 0.2) is 6.20 Å². The fourth-order valence-electron chi connectivity index (χ4n) is 2.07. The van der Waals surface area contributed by atoms with Crippen LogP contribution in [0.1, 0.15) is 18.2 Å². The maximum Gasteiger partial charge on any atom is 0.225 e. The molecule has 18 heavy (non-hydrogen) atoms. The second-order valence-corrected chi connectivity index (χ2v) is 6.82. The zero-order valence-corrected chi connectivity index (χ0v) is 11.3. The minimum atomic E-state index is -2.93. The van der Waals surface area contributed by atoms with E-state index in [1.54, 1.807) is 6.20 Å². The molecule has 2 rings (SSSR count). The van der Waals surface area contributed by atoms with Gasteiger partial charge in [-0.3, -0.25) is 0 Å². The van der Waals surface area contributed by atoms with Crippen LogP contribution in [0.5, 0.6) is 0 Å². The molecular weight excluding hydrogens is 254 g/mol. The second-order valence-electron chi connectivity index (χ2n) is 4.60. The Hall–Kier alpha value is -1.21. The Morgan fingerprint density at radius 3 is 2.83 bits per heavy atom. The van der Waals surface area contributed by atoms with Gasteiger partial charge in [0.05, 0.1) is 18.1 Å². The minimum absolute atomic E-state index is 0.0873. The van der Waals surface area contributed by atoms with E-state index in [0.717, 1.165) is 5.69 Å². The Morgan fingerprint density at radius 2 is 2.28 bits per heavy atom. The van der Waals surface area contributed by atoms with Crippen LogP contribution in [0, 0.1) is 6.92 Å². The third-order valence-corrected chi connectivity index (χ3v) is 4.96. The summed E-state index contributed by atoms with van der Waals surface area (Å²) in [5.41, 5.74) is 1.42. The highest BCUT2D eigenvalue weighted by Crippen LogP contribution is 2.18. The first-order chi connectivity index (χ1) is 8.43. The summed E-state index contributed by atoms with van der Waals surface area (Å²) in [6.45, 7) is 3.99. The second kappa shape index (κ2) is 4.81. The molecule has 1 saturated heterocycles. The highest BCUT2D eigenvalue weighted by atomic mass is 32.2. The van der Waals surface area contributed by atoms with Gasteiger partial charge < -0.3 is 10.0 Å². The first kappa shape index (κ1) is 13.2. The lowest BCUT2D eigenvalue weighted by atomic mass is 10.2. The van der Waals surface area contributed by atoms with E-state index in [9.17, 15) is 8.42 Å². The van der Waals surface area contributed by atoms with Crippen molar-refractivity contribution in [1.29, 1.82) is 0 Å². The molecule has 0 saturated carbocycles. The van der Waals surface area contributed by atoms with Gasteiger partial charge in [-0.25, -0.2) is 18.4 Å². The Labute approximate surface area is 107 Å². The van der Waals surface area contributed by atoms with Gasteiger partial charge in [-0.1, -0.05) is 0 Å². The molecule has 1 N–H and O–H groups in total. The molecule has 0 spiro atoms. The zero-order chi connectivity index (χ0) is 13.3. The molecule has 1 aliphatic rings. The third-order valence-electron chi connectivity index (χ3n) is 3.17. The molecule has 0 radical (unpaired) electrons. The van der Waals surface area contributed by atoms with Crippen molar-refractivity contribution in [2.45, 2.75) is 26.5 Å². The third kappa shape index (κ3) is 2.62. The van der Waals surface area contributed by atoms with Crippen LogP contribution >= 0.6 is 0 Å². The van der Waals surface area contributed by atoms with Crippen molar-refractivity contribution in [2.24, 2.45) is 0 Å². The summed E-state index contributed by atoms with van der Waals surface area (Å²) in [4.78, 5) is 10.4. The van der Waals surface area contributed by atoms with Crippen LogP contribution in [-0.2, 0) is 16.4 Å². The molecule has 1 unspecified atom stereocenters. The fourth-order valence-corrected chi connectivity index (χ4v) is 3.63. The molecular formula is C11H17N3O3S. The van der Waals surface area contributed by atoms with Gasteiger partial charge in [0.25, 0.3) is 0 Å². The van der Waals surface area contributed by atoms with Gasteiger partial charge in [0.2, 0.25) is 5.95 Å². The number of aliphatic hydroxyl groups excluding tert-OH is 1. The average Bonchev–Trinajstić information content (AvgIpc) is 2.27. The molecule has 0 amide bonds. The maximum atomic E-state index is 11.5. The van der Waals surface area contributed by atoms with Gasteiger partial charge in [0, 0.05) is 30.0 Å². The smallest absolute Gasteiger partial charge is 0.225 e. The molecule has 0 bridgehead atoms. The summed E-state index contributed by atoms with van der Waals surface area (Å²) < 4.78 is 23.0. The summed E-state index contributed by atoms with van der Waals surface area (Å²) in [5, 5.41) is 9.07. The van der Waals surface area contributed by atoms with E-state index in [2.05, 4.69) is 9.97 Å².